The molecule has 0 radical (unpaired) electrons. The molecule has 0 aliphatic carbocycles. The van der Waals surface area contributed by atoms with Gasteiger partial charge in [0, 0.05) is 16.2 Å². The van der Waals surface area contributed by atoms with Gasteiger partial charge in [-0.15, -0.1) is 0 Å². The van der Waals surface area contributed by atoms with Crippen molar-refractivity contribution in [3.05, 3.63) is 28.2 Å². The first-order valence-corrected chi connectivity index (χ1v) is 4.60. The molecular weight excluding hydrogens is 202 g/mol. The quantitative estimate of drug-likeness (QED) is 0.697. The van der Waals surface area contributed by atoms with Crippen molar-refractivity contribution in [2.75, 3.05) is 5.32 Å². The van der Waals surface area contributed by atoms with Crippen molar-refractivity contribution in [1.82, 2.24) is 0 Å². The van der Waals surface area contributed by atoms with Crippen LogP contribution in [0.4, 0.5) is 5.69 Å². The van der Waals surface area contributed by atoms with E-state index in [0.717, 1.165) is 6.42 Å². The van der Waals surface area contributed by atoms with Crippen molar-refractivity contribution >= 4 is 21.6 Å². The predicted molar refractivity (Wildman–Crippen MR) is 50.9 cm³/mol. The van der Waals surface area contributed by atoms with Crippen molar-refractivity contribution < 1.29 is 0 Å². The normalized spacial score (nSPS) is 21.1. The van der Waals surface area contributed by atoms with E-state index in [0.29, 0.717) is 6.04 Å². The summed E-state index contributed by atoms with van der Waals surface area (Å²) in [7, 11) is 0. The highest BCUT2D eigenvalue weighted by Gasteiger charge is 2.15. The Hall–Kier alpha value is -0.500. The van der Waals surface area contributed by atoms with E-state index in [1.54, 1.807) is 0 Å². The zero-order chi connectivity index (χ0) is 7.84. The lowest BCUT2D eigenvalue weighted by Crippen LogP contribution is -2.08. The van der Waals surface area contributed by atoms with E-state index in [1.165, 1.54) is 15.7 Å². The lowest BCUT2D eigenvalue weighted by Gasteiger charge is -2.00. The molecule has 0 unspecified atom stereocenters. The Bertz CT molecular complexity index is 283. The molecule has 1 N–H and O–H groups in total. The molecular formula is C9H10BrN. The van der Waals surface area contributed by atoms with Gasteiger partial charge in [0.2, 0.25) is 0 Å². The smallest absolute Gasteiger partial charge is 0.0376 e. The highest BCUT2D eigenvalue weighted by molar-refractivity contribution is 9.10. The van der Waals surface area contributed by atoms with Gasteiger partial charge < -0.3 is 5.32 Å². The van der Waals surface area contributed by atoms with Gasteiger partial charge in [-0.05, 0) is 37.1 Å². The van der Waals surface area contributed by atoms with Crippen LogP contribution in [0.5, 0.6) is 0 Å². The van der Waals surface area contributed by atoms with Crippen LogP contribution >= 0.6 is 15.9 Å². The molecule has 58 valence electrons. The Morgan fingerprint density at radius 2 is 2.36 bits per heavy atom. The van der Waals surface area contributed by atoms with Crippen LogP contribution in [0.3, 0.4) is 0 Å². The maximum absolute atomic E-state index is 3.46. The third-order valence-electron chi connectivity index (χ3n) is 2.00. The molecule has 1 atom stereocenters. The van der Waals surface area contributed by atoms with Gasteiger partial charge in [-0.1, -0.05) is 15.9 Å². The number of hydrogen-bond acceptors (Lipinski definition) is 1. The average molecular weight is 212 g/mol. The van der Waals surface area contributed by atoms with E-state index in [2.05, 4.69) is 46.4 Å². The van der Waals surface area contributed by atoms with Crippen LogP contribution in [-0.2, 0) is 6.42 Å². The molecule has 1 aliphatic heterocycles. The summed E-state index contributed by atoms with van der Waals surface area (Å²) in [5.41, 5.74) is 2.72. The van der Waals surface area contributed by atoms with Crippen molar-refractivity contribution in [2.45, 2.75) is 19.4 Å². The molecule has 0 fully saturated rings. The molecule has 0 bridgehead atoms. The summed E-state index contributed by atoms with van der Waals surface area (Å²) in [6, 6.07) is 6.98. The Balaban J connectivity index is 2.43. The Morgan fingerprint density at radius 1 is 1.55 bits per heavy atom. The molecule has 2 rings (SSSR count). The van der Waals surface area contributed by atoms with Crippen molar-refractivity contribution in [2.24, 2.45) is 0 Å². The molecule has 0 amide bonds. The molecule has 1 aromatic rings. The SMILES string of the molecule is C[C@@H]1Cc2cc(Br)ccc2N1. The molecule has 0 spiro atoms. The van der Waals surface area contributed by atoms with Crippen molar-refractivity contribution in [3.8, 4) is 0 Å². The standard InChI is InChI=1S/C9H10BrN/c1-6-4-7-5-8(10)2-3-9(7)11-6/h2-3,5-6,11H,4H2,1H3/t6-/m1/s1. The Labute approximate surface area is 74.9 Å². The number of rotatable bonds is 0. The summed E-state index contributed by atoms with van der Waals surface area (Å²) in [5, 5.41) is 3.40. The summed E-state index contributed by atoms with van der Waals surface area (Å²) in [4.78, 5) is 0. The minimum atomic E-state index is 0.597. The second kappa shape index (κ2) is 2.52. The van der Waals surface area contributed by atoms with Crippen molar-refractivity contribution in [1.29, 1.82) is 0 Å². The van der Waals surface area contributed by atoms with Gasteiger partial charge in [-0.3, -0.25) is 0 Å². The number of benzene rings is 1. The second-order valence-electron chi connectivity index (χ2n) is 3.05. The predicted octanol–water partition coefficient (Wildman–Crippen LogP) is 2.81. The largest absolute Gasteiger partial charge is 0.382 e. The van der Waals surface area contributed by atoms with E-state index in [1.807, 2.05) is 0 Å². The fourth-order valence-corrected chi connectivity index (χ4v) is 1.93. The molecule has 2 heteroatoms. The number of nitrogens with one attached hydrogen (secondary N) is 1. The van der Waals surface area contributed by atoms with Gasteiger partial charge in [0.15, 0.2) is 0 Å². The van der Waals surface area contributed by atoms with Crippen LogP contribution in [0.2, 0.25) is 0 Å². The van der Waals surface area contributed by atoms with E-state index < -0.39 is 0 Å². The zero-order valence-electron chi connectivity index (χ0n) is 6.39. The summed E-state index contributed by atoms with van der Waals surface area (Å²) in [6.45, 7) is 2.20. The monoisotopic (exact) mass is 211 g/mol. The summed E-state index contributed by atoms with van der Waals surface area (Å²) >= 11 is 3.46. The Kier molecular flexibility index (Phi) is 1.64. The van der Waals surface area contributed by atoms with E-state index >= 15 is 0 Å². The first-order chi connectivity index (χ1) is 5.25. The molecule has 1 aliphatic rings. The highest BCUT2D eigenvalue weighted by Crippen LogP contribution is 2.28. The number of anilines is 1. The first-order valence-electron chi connectivity index (χ1n) is 3.80. The van der Waals surface area contributed by atoms with Gasteiger partial charge in [-0.2, -0.15) is 0 Å². The molecule has 11 heavy (non-hydrogen) atoms. The second-order valence-corrected chi connectivity index (χ2v) is 3.97. The summed E-state index contributed by atoms with van der Waals surface area (Å²) in [6.07, 6.45) is 1.15. The molecule has 0 aromatic heterocycles. The third-order valence-corrected chi connectivity index (χ3v) is 2.49. The van der Waals surface area contributed by atoms with E-state index in [9.17, 15) is 0 Å². The zero-order valence-corrected chi connectivity index (χ0v) is 7.98. The topological polar surface area (TPSA) is 12.0 Å². The first kappa shape index (κ1) is 7.17. The van der Waals surface area contributed by atoms with Crippen LogP contribution in [0, 0.1) is 0 Å². The highest BCUT2D eigenvalue weighted by atomic mass is 79.9. The lowest BCUT2D eigenvalue weighted by atomic mass is 10.1. The minimum absolute atomic E-state index is 0.597. The third kappa shape index (κ3) is 1.27. The Morgan fingerprint density at radius 3 is 3.18 bits per heavy atom. The van der Waals surface area contributed by atoms with Crippen LogP contribution in [-0.4, -0.2) is 6.04 Å². The lowest BCUT2D eigenvalue weighted by molar-refractivity contribution is 0.839. The minimum Gasteiger partial charge on any atom is -0.382 e. The van der Waals surface area contributed by atoms with Crippen LogP contribution in [0.15, 0.2) is 22.7 Å². The van der Waals surface area contributed by atoms with Gasteiger partial charge in [-0.25, -0.2) is 0 Å². The fraction of sp³-hybridized carbons (Fsp3) is 0.333. The summed E-state index contributed by atoms with van der Waals surface area (Å²) in [5.74, 6) is 0. The molecule has 1 aromatic carbocycles. The fourth-order valence-electron chi connectivity index (χ4n) is 1.52. The van der Waals surface area contributed by atoms with Gasteiger partial charge in [0.1, 0.15) is 0 Å². The van der Waals surface area contributed by atoms with Crippen LogP contribution in [0.25, 0.3) is 0 Å². The van der Waals surface area contributed by atoms with Gasteiger partial charge in [0.05, 0.1) is 0 Å². The average Bonchev–Trinajstić information content (AvgIpc) is 2.27. The maximum atomic E-state index is 3.46. The number of hydrogen-bond donors (Lipinski definition) is 1. The van der Waals surface area contributed by atoms with Crippen molar-refractivity contribution in [3.63, 3.8) is 0 Å². The molecule has 0 saturated carbocycles. The van der Waals surface area contributed by atoms with Gasteiger partial charge in [0.25, 0.3) is 0 Å². The number of halogens is 1. The summed E-state index contributed by atoms with van der Waals surface area (Å²) < 4.78 is 1.17. The van der Waals surface area contributed by atoms with E-state index in [-0.39, 0.29) is 0 Å². The van der Waals surface area contributed by atoms with E-state index in [4.69, 9.17) is 0 Å². The maximum Gasteiger partial charge on any atom is 0.0376 e. The van der Waals surface area contributed by atoms with Crippen LogP contribution in [0.1, 0.15) is 12.5 Å². The van der Waals surface area contributed by atoms with Crippen LogP contribution < -0.4 is 5.32 Å². The number of fused-ring (bicyclic) bond motifs is 1. The molecule has 1 nitrogen and oxygen atoms in total. The van der Waals surface area contributed by atoms with Gasteiger partial charge >= 0.3 is 0 Å². The molecule has 1 heterocycles. The molecule has 0 saturated heterocycles.